The smallest absolute Gasteiger partial charge is 0.255 e. The summed E-state index contributed by atoms with van der Waals surface area (Å²) in [6, 6.07) is 23.6. The molecule has 0 aromatic heterocycles. The van der Waals surface area contributed by atoms with Gasteiger partial charge in [0.1, 0.15) is 0 Å². The fourth-order valence-electron chi connectivity index (χ4n) is 6.70. The Morgan fingerprint density at radius 1 is 0.938 bits per heavy atom. The number of anilines is 2. The molecule has 0 saturated heterocycles. The highest BCUT2D eigenvalue weighted by Crippen LogP contribution is 2.63. The van der Waals surface area contributed by atoms with Crippen molar-refractivity contribution >= 4 is 17.3 Å². The number of benzene rings is 3. The van der Waals surface area contributed by atoms with E-state index < -0.39 is 0 Å². The van der Waals surface area contributed by atoms with E-state index in [-0.39, 0.29) is 5.91 Å². The lowest BCUT2D eigenvalue weighted by Gasteiger charge is -2.43. The van der Waals surface area contributed by atoms with Crippen molar-refractivity contribution in [1.29, 1.82) is 0 Å². The second kappa shape index (κ2) is 7.51. The molecule has 3 aliphatic rings. The van der Waals surface area contributed by atoms with Gasteiger partial charge in [-0.25, -0.2) is 0 Å². The summed E-state index contributed by atoms with van der Waals surface area (Å²) in [4.78, 5) is 13.2. The molecular weight excluding hydrogens is 392 g/mol. The van der Waals surface area contributed by atoms with Crippen molar-refractivity contribution in [2.75, 3.05) is 10.6 Å². The predicted octanol–water partition coefficient (Wildman–Crippen LogP) is 6.85. The molecule has 3 nitrogen and oxygen atoms in total. The van der Waals surface area contributed by atoms with Crippen LogP contribution in [-0.4, -0.2) is 5.91 Å². The average Bonchev–Trinajstić information content (AvgIpc) is 3.44. The third-order valence-electron chi connectivity index (χ3n) is 8.36. The van der Waals surface area contributed by atoms with Crippen LogP contribution in [0, 0.1) is 31.6 Å². The molecule has 32 heavy (non-hydrogen) atoms. The molecule has 0 radical (unpaired) electrons. The normalized spacial score (nSPS) is 27.4. The van der Waals surface area contributed by atoms with Gasteiger partial charge in [0, 0.05) is 16.9 Å². The van der Waals surface area contributed by atoms with Crippen LogP contribution in [0.15, 0.2) is 66.7 Å². The summed E-state index contributed by atoms with van der Waals surface area (Å²) < 4.78 is 0. The highest BCUT2D eigenvalue weighted by atomic mass is 16.1. The predicted molar refractivity (Wildman–Crippen MR) is 130 cm³/mol. The molecule has 3 aromatic carbocycles. The molecule has 6 rings (SSSR count). The molecule has 162 valence electrons. The molecule has 2 fully saturated rings. The Hall–Kier alpha value is -3.07. The van der Waals surface area contributed by atoms with E-state index >= 15 is 0 Å². The summed E-state index contributed by atoms with van der Waals surface area (Å²) in [7, 11) is 0. The molecule has 0 unspecified atom stereocenters. The molecule has 2 N–H and O–H groups in total. The SMILES string of the molecule is Cc1cccc(NC(=O)c2ccc3c(c2)[C@@H]2[C@H]4CC[C@@H](C4)[C@@H]2[C@H](c2ccccc2)N3)c1C. The zero-order valence-electron chi connectivity index (χ0n) is 18.8. The van der Waals surface area contributed by atoms with Crippen LogP contribution in [0.25, 0.3) is 0 Å². The number of hydrogen-bond donors (Lipinski definition) is 2. The van der Waals surface area contributed by atoms with Crippen LogP contribution >= 0.6 is 0 Å². The summed E-state index contributed by atoms with van der Waals surface area (Å²) >= 11 is 0. The zero-order chi connectivity index (χ0) is 21.8. The molecular formula is C29H30N2O. The number of fused-ring (bicyclic) bond motifs is 7. The van der Waals surface area contributed by atoms with Crippen LogP contribution in [0.5, 0.6) is 0 Å². The molecule has 3 aromatic rings. The second-order valence-corrected chi connectivity index (χ2v) is 9.97. The summed E-state index contributed by atoms with van der Waals surface area (Å²) in [6.07, 6.45) is 4.00. The van der Waals surface area contributed by atoms with Crippen molar-refractivity contribution in [2.24, 2.45) is 17.8 Å². The first-order valence-electron chi connectivity index (χ1n) is 11.9. The lowest BCUT2D eigenvalue weighted by molar-refractivity contribution is 0.102. The number of carbonyl (C=O) groups excluding carboxylic acids is 1. The van der Waals surface area contributed by atoms with Gasteiger partial charge in [-0.05, 0) is 103 Å². The van der Waals surface area contributed by atoms with E-state index in [1.165, 1.54) is 41.6 Å². The molecule has 1 amide bonds. The van der Waals surface area contributed by atoms with Crippen LogP contribution in [0.4, 0.5) is 11.4 Å². The minimum Gasteiger partial charge on any atom is -0.378 e. The summed E-state index contributed by atoms with van der Waals surface area (Å²) in [5.41, 5.74) is 7.91. The van der Waals surface area contributed by atoms with E-state index in [1.807, 2.05) is 18.2 Å². The van der Waals surface area contributed by atoms with Crippen LogP contribution < -0.4 is 10.6 Å². The van der Waals surface area contributed by atoms with Gasteiger partial charge >= 0.3 is 0 Å². The molecule has 1 aliphatic heterocycles. The Labute approximate surface area is 190 Å². The standard InChI is InChI=1S/C29H30N2O/c1-17-7-6-10-24(18(17)2)31-29(32)22-13-14-25-23(16-22)26-20-11-12-21(15-20)27(26)28(30-25)19-8-4-3-5-9-19/h3-10,13-14,16,20-21,26-28,30H,11-12,15H2,1-2H3,(H,31,32)/t20-,21-,26-,27-,28-/m0/s1. The highest BCUT2D eigenvalue weighted by molar-refractivity contribution is 6.05. The van der Waals surface area contributed by atoms with E-state index in [1.54, 1.807) is 0 Å². The van der Waals surface area contributed by atoms with Crippen LogP contribution in [0.3, 0.4) is 0 Å². The van der Waals surface area contributed by atoms with E-state index in [0.29, 0.717) is 17.9 Å². The number of nitrogens with one attached hydrogen (secondary N) is 2. The van der Waals surface area contributed by atoms with Crippen molar-refractivity contribution in [3.63, 3.8) is 0 Å². The topological polar surface area (TPSA) is 41.1 Å². The third-order valence-corrected chi connectivity index (χ3v) is 8.36. The summed E-state index contributed by atoms with van der Waals surface area (Å²) in [5.74, 6) is 2.66. The van der Waals surface area contributed by atoms with Gasteiger partial charge in [0.05, 0.1) is 6.04 Å². The Balaban J connectivity index is 1.35. The van der Waals surface area contributed by atoms with Gasteiger partial charge in [-0.3, -0.25) is 4.79 Å². The first kappa shape index (κ1) is 19.6. The molecule has 3 heteroatoms. The van der Waals surface area contributed by atoms with E-state index in [9.17, 15) is 4.79 Å². The van der Waals surface area contributed by atoms with Gasteiger partial charge in [0.25, 0.3) is 5.91 Å². The number of amides is 1. The molecule has 0 spiro atoms. The molecule has 5 atom stereocenters. The Morgan fingerprint density at radius 2 is 1.75 bits per heavy atom. The molecule has 2 saturated carbocycles. The van der Waals surface area contributed by atoms with Gasteiger partial charge in [0.2, 0.25) is 0 Å². The number of carbonyl (C=O) groups is 1. The van der Waals surface area contributed by atoms with E-state index in [2.05, 4.69) is 73.0 Å². The Morgan fingerprint density at radius 3 is 2.59 bits per heavy atom. The largest absolute Gasteiger partial charge is 0.378 e. The highest BCUT2D eigenvalue weighted by Gasteiger charge is 2.53. The fraction of sp³-hybridized carbons (Fsp3) is 0.345. The first-order chi connectivity index (χ1) is 15.6. The van der Waals surface area contributed by atoms with E-state index in [4.69, 9.17) is 0 Å². The minimum atomic E-state index is -0.0219. The van der Waals surface area contributed by atoms with Gasteiger partial charge < -0.3 is 10.6 Å². The maximum Gasteiger partial charge on any atom is 0.255 e. The minimum absolute atomic E-state index is 0.0219. The quantitative estimate of drug-likeness (QED) is 0.484. The fourth-order valence-corrected chi connectivity index (χ4v) is 6.70. The van der Waals surface area contributed by atoms with Crippen LogP contribution in [-0.2, 0) is 0 Å². The van der Waals surface area contributed by atoms with Gasteiger partial charge in [-0.2, -0.15) is 0 Å². The Kier molecular flexibility index (Phi) is 4.60. The second-order valence-electron chi connectivity index (χ2n) is 9.97. The molecule has 2 aliphatic carbocycles. The summed E-state index contributed by atoms with van der Waals surface area (Å²) in [6.45, 7) is 4.14. The molecule has 2 bridgehead atoms. The number of rotatable bonds is 3. The third kappa shape index (κ3) is 3.06. The zero-order valence-corrected chi connectivity index (χ0v) is 18.8. The van der Waals surface area contributed by atoms with Crippen LogP contribution in [0.1, 0.15) is 63.8 Å². The van der Waals surface area contributed by atoms with E-state index in [0.717, 1.165) is 28.7 Å². The maximum absolute atomic E-state index is 13.2. The van der Waals surface area contributed by atoms with Crippen molar-refractivity contribution in [3.05, 3.63) is 94.5 Å². The van der Waals surface area contributed by atoms with Gasteiger partial charge in [-0.1, -0.05) is 42.5 Å². The summed E-state index contributed by atoms with van der Waals surface area (Å²) in [5, 5.41) is 7.01. The van der Waals surface area contributed by atoms with Crippen molar-refractivity contribution < 1.29 is 4.79 Å². The van der Waals surface area contributed by atoms with Gasteiger partial charge in [0.15, 0.2) is 0 Å². The van der Waals surface area contributed by atoms with Crippen LogP contribution in [0.2, 0.25) is 0 Å². The lowest BCUT2D eigenvalue weighted by atomic mass is 9.68. The van der Waals surface area contributed by atoms with Crippen molar-refractivity contribution in [3.8, 4) is 0 Å². The monoisotopic (exact) mass is 422 g/mol. The average molecular weight is 423 g/mol. The maximum atomic E-state index is 13.2. The molecule has 1 heterocycles. The first-order valence-corrected chi connectivity index (χ1v) is 11.9. The van der Waals surface area contributed by atoms with Crippen molar-refractivity contribution in [2.45, 2.75) is 45.1 Å². The lowest BCUT2D eigenvalue weighted by Crippen LogP contribution is -2.35. The number of aryl methyl sites for hydroxylation is 1. The Bertz CT molecular complexity index is 1190. The van der Waals surface area contributed by atoms with Gasteiger partial charge in [-0.15, -0.1) is 0 Å². The number of hydrogen-bond acceptors (Lipinski definition) is 2. The van der Waals surface area contributed by atoms with Crippen molar-refractivity contribution in [1.82, 2.24) is 0 Å².